The van der Waals surface area contributed by atoms with Gasteiger partial charge in [0.25, 0.3) is 0 Å². The third kappa shape index (κ3) is 5.43. The Morgan fingerprint density at radius 1 is 1.09 bits per heavy atom. The monoisotopic (exact) mass is 500 g/mol. The largest absolute Gasteiger partial charge is 0.495 e. The second-order valence-corrected chi connectivity index (χ2v) is 10.9. The molecular formula is C25H25FN2O4S2. The number of carbonyl (C=O) groups excluding carboxylic acids is 1. The maximum atomic E-state index is 13.8. The van der Waals surface area contributed by atoms with Gasteiger partial charge in [0.05, 0.1) is 18.7 Å². The van der Waals surface area contributed by atoms with Crippen LogP contribution in [0.4, 0.5) is 10.1 Å². The highest BCUT2D eigenvalue weighted by atomic mass is 32.2. The SMILES string of the molecule is COc1ccc(F)cc1S(=O)(=O)N1CCC[C@H](C(=O)Nc2ccccc2Sc2ccccc2)C1. The maximum Gasteiger partial charge on any atom is 0.246 e. The predicted molar refractivity (Wildman–Crippen MR) is 130 cm³/mol. The van der Waals surface area contributed by atoms with E-state index in [0.717, 1.165) is 21.9 Å². The molecule has 1 saturated heterocycles. The van der Waals surface area contributed by atoms with Gasteiger partial charge in [0.15, 0.2) is 0 Å². The summed E-state index contributed by atoms with van der Waals surface area (Å²) in [6.07, 6.45) is 1.08. The number of carbonyl (C=O) groups is 1. The molecule has 0 aromatic heterocycles. The normalized spacial score (nSPS) is 16.7. The highest BCUT2D eigenvalue weighted by molar-refractivity contribution is 7.99. The zero-order chi connectivity index (χ0) is 24.1. The molecule has 3 aromatic carbocycles. The van der Waals surface area contributed by atoms with Crippen molar-refractivity contribution in [2.75, 3.05) is 25.5 Å². The molecule has 34 heavy (non-hydrogen) atoms. The first kappa shape index (κ1) is 24.3. The molecule has 1 atom stereocenters. The summed E-state index contributed by atoms with van der Waals surface area (Å²) >= 11 is 1.54. The first-order valence-corrected chi connectivity index (χ1v) is 13.1. The Morgan fingerprint density at radius 3 is 2.59 bits per heavy atom. The lowest BCUT2D eigenvalue weighted by molar-refractivity contribution is -0.120. The van der Waals surface area contributed by atoms with Crippen LogP contribution in [0.5, 0.6) is 5.75 Å². The number of hydrogen-bond acceptors (Lipinski definition) is 5. The minimum absolute atomic E-state index is 0.0157. The minimum atomic E-state index is -4.03. The molecule has 3 aromatic rings. The lowest BCUT2D eigenvalue weighted by atomic mass is 9.99. The fourth-order valence-corrected chi connectivity index (χ4v) is 6.49. The summed E-state index contributed by atoms with van der Waals surface area (Å²) < 4.78 is 46.7. The van der Waals surface area contributed by atoms with Gasteiger partial charge in [-0.1, -0.05) is 42.1 Å². The van der Waals surface area contributed by atoms with Crippen molar-refractivity contribution in [2.45, 2.75) is 27.5 Å². The zero-order valence-electron chi connectivity index (χ0n) is 18.6. The lowest BCUT2D eigenvalue weighted by Gasteiger charge is -2.31. The summed E-state index contributed by atoms with van der Waals surface area (Å²) in [6, 6.07) is 20.7. The molecule has 0 unspecified atom stereocenters. The summed E-state index contributed by atoms with van der Waals surface area (Å²) in [5.74, 6) is -1.37. The number of anilines is 1. The summed E-state index contributed by atoms with van der Waals surface area (Å²) in [4.78, 5) is 14.8. The molecule has 1 amide bonds. The number of methoxy groups -OCH3 is 1. The van der Waals surface area contributed by atoms with Crippen LogP contribution in [0.1, 0.15) is 12.8 Å². The number of ether oxygens (including phenoxy) is 1. The number of amides is 1. The van der Waals surface area contributed by atoms with Crippen molar-refractivity contribution in [1.29, 1.82) is 0 Å². The highest BCUT2D eigenvalue weighted by Crippen LogP contribution is 2.34. The molecule has 0 aliphatic carbocycles. The molecule has 1 heterocycles. The topological polar surface area (TPSA) is 75.7 Å². The van der Waals surface area contributed by atoms with E-state index in [1.807, 2.05) is 54.6 Å². The van der Waals surface area contributed by atoms with Crippen LogP contribution in [0, 0.1) is 11.7 Å². The average molecular weight is 501 g/mol. The van der Waals surface area contributed by atoms with Crippen LogP contribution in [0.2, 0.25) is 0 Å². The van der Waals surface area contributed by atoms with Gasteiger partial charge in [-0.2, -0.15) is 4.31 Å². The van der Waals surface area contributed by atoms with Gasteiger partial charge in [0.2, 0.25) is 15.9 Å². The Morgan fingerprint density at radius 2 is 1.82 bits per heavy atom. The Hall–Kier alpha value is -2.88. The van der Waals surface area contributed by atoms with Crippen LogP contribution < -0.4 is 10.1 Å². The number of nitrogens with zero attached hydrogens (tertiary/aromatic N) is 1. The van der Waals surface area contributed by atoms with Gasteiger partial charge in [-0.25, -0.2) is 12.8 Å². The molecule has 1 aliphatic heterocycles. The molecule has 6 nitrogen and oxygen atoms in total. The van der Waals surface area contributed by atoms with Crippen molar-refractivity contribution >= 4 is 33.4 Å². The van der Waals surface area contributed by atoms with Gasteiger partial charge >= 0.3 is 0 Å². The van der Waals surface area contributed by atoms with E-state index >= 15 is 0 Å². The van der Waals surface area contributed by atoms with E-state index in [4.69, 9.17) is 4.74 Å². The number of piperidine rings is 1. The Labute approximate surface area is 203 Å². The van der Waals surface area contributed by atoms with E-state index in [2.05, 4.69) is 5.32 Å². The van der Waals surface area contributed by atoms with E-state index in [0.29, 0.717) is 18.5 Å². The van der Waals surface area contributed by atoms with Crippen LogP contribution in [0.3, 0.4) is 0 Å². The van der Waals surface area contributed by atoms with Crippen LogP contribution in [-0.4, -0.2) is 38.8 Å². The molecule has 1 N–H and O–H groups in total. The highest BCUT2D eigenvalue weighted by Gasteiger charge is 2.35. The molecular weight excluding hydrogens is 475 g/mol. The molecule has 0 bridgehead atoms. The van der Waals surface area contributed by atoms with Crippen molar-refractivity contribution in [3.63, 3.8) is 0 Å². The van der Waals surface area contributed by atoms with Crippen LogP contribution in [-0.2, 0) is 14.8 Å². The average Bonchev–Trinajstić information content (AvgIpc) is 2.86. The third-order valence-corrected chi connectivity index (χ3v) is 8.58. The van der Waals surface area contributed by atoms with Gasteiger partial charge in [-0.3, -0.25) is 4.79 Å². The second kappa shape index (κ2) is 10.6. The van der Waals surface area contributed by atoms with E-state index in [-0.39, 0.29) is 29.6 Å². The van der Waals surface area contributed by atoms with Crippen LogP contribution in [0.25, 0.3) is 0 Å². The van der Waals surface area contributed by atoms with E-state index in [1.165, 1.54) is 29.2 Å². The number of para-hydroxylation sites is 1. The Kier molecular flexibility index (Phi) is 7.55. The second-order valence-electron chi connectivity index (χ2n) is 7.90. The first-order valence-electron chi connectivity index (χ1n) is 10.8. The number of sulfonamides is 1. The number of rotatable bonds is 7. The van der Waals surface area contributed by atoms with E-state index < -0.39 is 21.8 Å². The van der Waals surface area contributed by atoms with Gasteiger partial charge in [-0.05, 0) is 55.3 Å². The third-order valence-electron chi connectivity index (χ3n) is 5.61. The van der Waals surface area contributed by atoms with Gasteiger partial charge in [0.1, 0.15) is 16.5 Å². The first-order chi connectivity index (χ1) is 16.4. The van der Waals surface area contributed by atoms with Crippen LogP contribution >= 0.6 is 11.8 Å². The molecule has 1 aliphatic rings. The van der Waals surface area contributed by atoms with E-state index in [9.17, 15) is 17.6 Å². The van der Waals surface area contributed by atoms with Gasteiger partial charge < -0.3 is 10.1 Å². The van der Waals surface area contributed by atoms with Gasteiger partial charge in [-0.15, -0.1) is 0 Å². The van der Waals surface area contributed by atoms with Crippen molar-refractivity contribution in [3.8, 4) is 5.75 Å². The number of nitrogens with one attached hydrogen (secondary N) is 1. The summed E-state index contributed by atoms with van der Waals surface area (Å²) in [6.45, 7) is 0.272. The van der Waals surface area contributed by atoms with Crippen molar-refractivity contribution in [1.82, 2.24) is 4.31 Å². The quantitative estimate of drug-likeness (QED) is 0.493. The molecule has 9 heteroatoms. The molecule has 178 valence electrons. The molecule has 0 radical (unpaired) electrons. The lowest BCUT2D eigenvalue weighted by Crippen LogP contribution is -2.43. The maximum absolute atomic E-state index is 13.8. The number of halogens is 1. The summed E-state index contributed by atoms with van der Waals surface area (Å²) in [5.41, 5.74) is 0.674. The van der Waals surface area contributed by atoms with Crippen molar-refractivity contribution < 1.29 is 22.3 Å². The van der Waals surface area contributed by atoms with Gasteiger partial charge in [0, 0.05) is 22.9 Å². The summed E-state index contributed by atoms with van der Waals surface area (Å²) in [7, 11) is -2.69. The fraction of sp³-hybridized carbons (Fsp3) is 0.240. The smallest absolute Gasteiger partial charge is 0.246 e. The molecule has 0 saturated carbocycles. The molecule has 1 fully saturated rings. The minimum Gasteiger partial charge on any atom is -0.495 e. The Balaban J connectivity index is 1.50. The fourth-order valence-electron chi connectivity index (χ4n) is 3.88. The van der Waals surface area contributed by atoms with Crippen molar-refractivity contribution in [2.24, 2.45) is 5.92 Å². The number of benzene rings is 3. The van der Waals surface area contributed by atoms with Crippen LogP contribution in [0.15, 0.2) is 87.5 Å². The summed E-state index contributed by atoms with van der Waals surface area (Å²) in [5, 5.41) is 2.98. The zero-order valence-corrected chi connectivity index (χ0v) is 20.2. The van der Waals surface area contributed by atoms with E-state index in [1.54, 1.807) is 0 Å². The Bertz CT molecular complexity index is 1270. The molecule has 0 spiro atoms. The number of hydrogen-bond donors (Lipinski definition) is 1. The predicted octanol–water partition coefficient (Wildman–Crippen LogP) is 5.02. The van der Waals surface area contributed by atoms with Crippen molar-refractivity contribution in [3.05, 3.63) is 78.6 Å². The molecule has 4 rings (SSSR count). The standard InChI is InChI=1S/C25H25FN2O4S2/c1-32-22-14-13-19(26)16-24(22)34(30,31)28-15-7-8-18(17-28)25(29)27-21-11-5-6-12-23(21)33-20-9-3-2-4-10-20/h2-6,9-14,16,18H,7-8,15,17H2,1H3,(H,27,29)/t18-/m0/s1.